The molecule has 1 unspecified atom stereocenters. The number of aromatic nitrogens is 2. The number of hydrogen-bond donors (Lipinski definition) is 3. The number of fused-ring (bicyclic) bond motifs is 1. The molecule has 0 bridgehead atoms. The Morgan fingerprint density at radius 3 is 2.61 bits per heavy atom. The Morgan fingerprint density at radius 1 is 1.06 bits per heavy atom. The highest BCUT2D eigenvalue weighted by Gasteiger charge is 2.44. The standard InChI is InChI=1S/C21H20N6O4/c28-17-4-3-16(18(29)26-17)27-19(30)13-2-1-11(7-14(13)20(27)31)8-24-21-23-6-5-15(25-21)12-9-22-10-12/h1-2,5-7,12,16,22H,3-4,8-10H2,(H,23,24,25)(H,26,28,29). The number of nitrogens with zero attached hydrogens (tertiary/aromatic N) is 3. The van der Waals surface area contributed by atoms with Crippen molar-refractivity contribution >= 4 is 29.6 Å². The summed E-state index contributed by atoms with van der Waals surface area (Å²) >= 11 is 0. The molecule has 3 aliphatic heterocycles. The highest BCUT2D eigenvalue weighted by molar-refractivity contribution is 6.23. The van der Waals surface area contributed by atoms with E-state index < -0.39 is 29.7 Å². The van der Waals surface area contributed by atoms with Gasteiger partial charge in [-0.2, -0.15) is 0 Å². The predicted molar refractivity (Wildman–Crippen MR) is 108 cm³/mol. The molecule has 2 aromatic rings. The average molecular weight is 420 g/mol. The molecule has 4 amide bonds. The van der Waals surface area contributed by atoms with Gasteiger partial charge in [0.25, 0.3) is 11.8 Å². The number of carbonyl (C=O) groups is 4. The van der Waals surface area contributed by atoms with Crippen molar-refractivity contribution < 1.29 is 19.2 Å². The summed E-state index contributed by atoms with van der Waals surface area (Å²) < 4.78 is 0. The molecule has 2 fully saturated rings. The molecule has 2 saturated heterocycles. The van der Waals surface area contributed by atoms with Crippen LogP contribution in [0.5, 0.6) is 0 Å². The van der Waals surface area contributed by atoms with Crippen molar-refractivity contribution in [2.24, 2.45) is 0 Å². The van der Waals surface area contributed by atoms with Gasteiger partial charge in [-0.15, -0.1) is 0 Å². The third-order valence-electron chi connectivity index (χ3n) is 5.83. The minimum atomic E-state index is -0.969. The molecule has 1 aromatic heterocycles. The molecular formula is C21H20N6O4. The van der Waals surface area contributed by atoms with Crippen LogP contribution in [-0.4, -0.2) is 57.6 Å². The fraction of sp³-hybridized carbons (Fsp3) is 0.333. The van der Waals surface area contributed by atoms with E-state index >= 15 is 0 Å². The molecule has 10 heteroatoms. The lowest BCUT2D eigenvalue weighted by atomic mass is 9.99. The monoisotopic (exact) mass is 420 g/mol. The zero-order valence-corrected chi connectivity index (χ0v) is 16.6. The van der Waals surface area contributed by atoms with E-state index in [0.717, 1.165) is 29.2 Å². The molecule has 158 valence electrons. The first kappa shape index (κ1) is 19.3. The van der Waals surface area contributed by atoms with Crippen molar-refractivity contribution in [3.05, 3.63) is 52.8 Å². The number of benzene rings is 1. The second kappa shape index (κ2) is 7.55. The van der Waals surface area contributed by atoms with Gasteiger partial charge < -0.3 is 10.6 Å². The summed E-state index contributed by atoms with van der Waals surface area (Å²) in [6.07, 6.45) is 1.94. The number of anilines is 1. The fourth-order valence-corrected chi connectivity index (χ4v) is 3.99. The van der Waals surface area contributed by atoms with Gasteiger partial charge in [0.1, 0.15) is 6.04 Å². The van der Waals surface area contributed by atoms with E-state index in [4.69, 9.17) is 0 Å². The number of imide groups is 2. The Bertz CT molecular complexity index is 1110. The molecule has 10 nitrogen and oxygen atoms in total. The van der Waals surface area contributed by atoms with E-state index in [0.29, 0.717) is 18.4 Å². The molecule has 0 aliphatic carbocycles. The molecule has 0 spiro atoms. The van der Waals surface area contributed by atoms with Crippen molar-refractivity contribution in [1.82, 2.24) is 25.5 Å². The third kappa shape index (κ3) is 3.44. The van der Waals surface area contributed by atoms with Crippen LogP contribution in [0.3, 0.4) is 0 Å². The summed E-state index contributed by atoms with van der Waals surface area (Å²) in [4.78, 5) is 58.9. The molecule has 31 heavy (non-hydrogen) atoms. The lowest BCUT2D eigenvalue weighted by Crippen LogP contribution is -2.54. The SMILES string of the molecule is O=C1CCC(N2C(=O)c3ccc(CNc4nccc(C5CNC5)n4)cc3C2=O)C(=O)N1. The Kier molecular flexibility index (Phi) is 4.70. The van der Waals surface area contributed by atoms with Gasteiger partial charge in [-0.1, -0.05) is 6.07 Å². The lowest BCUT2D eigenvalue weighted by Gasteiger charge is -2.27. The second-order valence-electron chi connectivity index (χ2n) is 7.84. The number of nitrogens with one attached hydrogen (secondary N) is 3. The number of piperidine rings is 1. The van der Waals surface area contributed by atoms with Crippen LogP contribution in [0.25, 0.3) is 0 Å². The fourth-order valence-electron chi connectivity index (χ4n) is 3.99. The summed E-state index contributed by atoms with van der Waals surface area (Å²) in [6.45, 7) is 2.18. The summed E-state index contributed by atoms with van der Waals surface area (Å²) in [5.74, 6) is -1.16. The number of hydrogen-bond acceptors (Lipinski definition) is 8. The van der Waals surface area contributed by atoms with Crippen LogP contribution in [0.15, 0.2) is 30.5 Å². The van der Waals surface area contributed by atoms with E-state index in [1.165, 1.54) is 0 Å². The minimum absolute atomic E-state index is 0.0922. The largest absolute Gasteiger partial charge is 0.350 e. The molecule has 0 saturated carbocycles. The Hall–Kier alpha value is -3.66. The van der Waals surface area contributed by atoms with Gasteiger partial charge in [-0.25, -0.2) is 9.97 Å². The maximum Gasteiger partial charge on any atom is 0.262 e. The topological polar surface area (TPSA) is 133 Å². The van der Waals surface area contributed by atoms with Gasteiger partial charge in [0.2, 0.25) is 17.8 Å². The van der Waals surface area contributed by atoms with Crippen molar-refractivity contribution in [3.63, 3.8) is 0 Å². The van der Waals surface area contributed by atoms with E-state index in [2.05, 4.69) is 25.9 Å². The molecule has 4 heterocycles. The lowest BCUT2D eigenvalue weighted by molar-refractivity contribution is -0.136. The van der Waals surface area contributed by atoms with Gasteiger partial charge in [-0.05, 0) is 30.2 Å². The maximum absolute atomic E-state index is 12.9. The summed E-state index contributed by atoms with van der Waals surface area (Å²) in [5.41, 5.74) is 2.27. The van der Waals surface area contributed by atoms with Crippen LogP contribution in [0.4, 0.5) is 5.95 Å². The molecular weight excluding hydrogens is 400 g/mol. The number of carbonyl (C=O) groups excluding carboxylic acids is 4. The van der Waals surface area contributed by atoms with Crippen LogP contribution in [0, 0.1) is 0 Å². The first-order valence-electron chi connectivity index (χ1n) is 10.1. The van der Waals surface area contributed by atoms with Crippen LogP contribution >= 0.6 is 0 Å². The van der Waals surface area contributed by atoms with E-state index in [9.17, 15) is 19.2 Å². The van der Waals surface area contributed by atoms with E-state index in [1.54, 1.807) is 24.4 Å². The van der Waals surface area contributed by atoms with Crippen LogP contribution in [0.1, 0.15) is 50.7 Å². The van der Waals surface area contributed by atoms with Gasteiger partial charge in [0.05, 0.1) is 16.8 Å². The summed E-state index contributed by atoms with van der Waals surface area (Å²) in [6, 6.07) is 5.93. The first-order valence-corrected chi connectivity index (χ1v) is 10.1. The maximum atomic E-state index is 12.9. The molecule has 3 N–H and O–H groups in total. The molecule has 3 aliphatic rings. The molecule has 1 aromatic carbocycles. The van der Waals surface area contributed by atoms with Crippen molar-refractivity contribution in [2.45, 2.75) is 31.3 Å². The zero-order valence-electron chi connectivity index (χ0n) is 16.6. The number of rotatable bonds is 5. The van der Waals surface area contributed by atoms with Gasteiger partial charge in [0, 0.05) is 38.2 Å². The van der Waals surface area contributed by atoms with Crippen molar-refractivity contribution in [1.29, 1.82) is 0 Å². The van der Waals surface area contributed by atoms with Crippen LogP contribution in [-0.2, 0) is 16.1 Å². The van der Waals surface area contributed by atoms with E-state index in [1.807, 2.05) is 6.07 Å². The normalized spacial score (nSPS) is 21.0. The first-order chi connectivity index (χ1) is 15.0. The highest BCUT2D eigenvalue weighted by Crippen LogP contribution is 2.28. The second-order valence-corrected chi connectivity index (χ2v) is 7.84. The molecule has 0 radical (unpaired) electrons. The zero-order chi connectivity index (χ0) is 21.5. The Balaban J connectivity index is 1.31. The minimum Gasteiger partial charge on any atom is -0.350 e. The predicted octanol–water partition coefficient (Wildman–Crippen LogP) is 0.177. The van der Waals surface area contributed by atoms with Gasteiger partial charge in [-0.3, -0.25) is 29.4 Å². The number of amides is 4. The Morgan fingerprint density at radius 2 is 1.87 bits per heavy atom. The highest BCUT2D eigenvalue weighted by atomic mass is 16.2. The smallest absolute Gasteiger partial charge is 0.262 e. The van der Waals surface area contributed by atoms with Crippen molar-refractivity contribution in [2.75, 3.05) is 18.4 Å². The molecule has 5 rings (SSSR count). The Labute approximate surface area is 177 Å². The van der Waals surface area contributed by atoms with Crippen LogP contribution < -0.4 is 16.0 Å². The summed E-state index contributed by atoms with van der Waals surface area (Å²) in [7, 11) is 0. The summed E-state index contributed by atoms with van der Waals surface area (Å²) in [5, 5.41) is 8.56. The van der Waals surface area contributed by atoms with E-state index in [-0.39, 0.29) is 24.0 Å². The van der Waals surface area contributed by atoms with Gasteiger partial charge >= 0.3 is 0 Å². The third-order valence-corrected chi connectivity index (χ3v) is 5.83. The van der Waals surface area contributed by atoms with Crippen LogP contribution in [0.2, 0.25) is 0 Å². The molecule has 1 atom stereocenters. The quantitative estimate of drug-likeness (QED) is 0.583. The average Bonchev–Trinajstić information content (AvgIpc) is 2.96. The van der Waals surface area contributed by atoms with Crippen molar-refractivity contribution in [3.8, 4) is 0 Å². The van der Waals surface area contributed by atoms with Gasteiger partial charge in [0.15, 0.2) is 0 Å².